The van der Waals surface area contributed by atoms with Gasteiger partial charge in [-0.1, -0.05) is 6.92 Å². The van der Waals surface area contributed by atoms with Gasteiger partial charge in [0.25, 0.3) is 0 Å². The van der Waals surface area contributed by atoms with E-state index in [1.165, 1.54) is 0 Å². The Morgan fingerprint density at radius 3 is 2.79 bits per heavy atom. The molecule has 2 rings (SSSR count). The van der Waals surface area contributed by atoms with Crippen molar-refractivity contribution in [1.29, 1.82) is 0 Å². The van der Waals surface area contributed by atoms with E-state index in [-0.39, 0.29) is 12.3 Å². The van der Waals surface area contributed by atoms with E-state index in [9.17, 15) is 0 Å². The minimum absolute atomic E-state index is 0.0201. The van der Waals surface area contributed by atoms with Crippen LogP contribution in [0.15, 0.2) is 12.4 Å². The SMILES string of the molecule is CCCNC(CC1OCCO1)c1nccnc1OC. The molecule has 1 atom stereocenters. The molecule has 0 aliphatic carbocycles. The second-order valence-electron chi connectivity index (χ2n) is 4.36. The second kappa shape index (κ2) is 7.37. The second-order valence-corrected chi connectivity index (χ2v) is 4.36. The number of methoxy groups -OCH3 is 1. The Labute approximate surface area is 113 Å². The smallest absolute Gasteiger partial charge is 0.236 e. The molecule has 0 bridgehead atoms. The zero-order chi connectivity index (χ0) is 13.5. The third kappa shape index (κ3) is 3.86. The number of nitrogens with one attached hydrogen (secondary N) is 1. The normalized spacial score (nSPS) is 17.6. The molecular weight excluding hydrogens is 246 g/mol. The number of hydrogen-bond acceptors (Lipinski definition) is 6. The summed E-state index contributed by atoms with van der Waals surface area (Å²) in [7, 11) is 1.60. The first-order chi connectivity index (χ1) is 9.35. The first-order valence-electron chi connectivity index (χ1n) is 6.66. The maximum Gasteiger partial charge on any atom is 0.236 e. The molecule has 1 N–H and O–H groups in total. The van der Waals surface area contributed by atoms with Crippen LogP contribution in [-0.4, -0.2) is 43.1 Å². The molecule has 0 aromatic carbocycles. The highest BCUT2D eigenvalue weighted by molar-refractivity contribution is 5.21. The molecule has 0 saturated carbocycles. The number of hydrogen-bond donors (Lipinski definition) is 1. The van der Waals surface area contributed by atoms with Crippen LogP contribution in [0.25, 0.3) is 0 Å². The Morgan fingerprint density at radius 1 is 1.37 bits per heavy atom. The average Bonchev–Trinajstić information content (AvgIpc) is 2.96. The lowest BCUT2D eigenvalue weighted by molar-refractivity contribution is -0.0533. The number of aromatic nitrogens is 2. The molecule has 0 spiro atoms. The molecule has 1 aliphatic heterocycles. The molecule has 106 valence electrons. The fraction of sp³-hybridized carbons (Fsp3) is 0.692. The average molecular weight is 267 g/mol. The van der Waals surface area contributed by atoms with Crippen LogP contribution in [0.4, 0.5) is 0 Å². The Kier molecular flexibility index (Phi) is 5.50. The van der Waals surface area contributed by atoms with Crippen LogP contribution in [0.2, 0.25) is 0 Å². The largest absolute Gasteiger partial charge is 0.480 e. The van der Waals surface area contributed by atoms with Crippen LogP contribution in [0.5, 0.6) is 5.88 Å². The first kappa shape index (κ1) is 14.2. The van der Waals surface area contributed by atoms with Crippen molar-refractivity contribution in [2.75, 3.05) is 26.9 Å². The van der Waals surface area contributed by atoms with E-state index in [0.717, 1.165) is 18.7 Å². The maximum atomic E-state index is 5.51. The molecular formula is C13H21N3O3. The van der Waals surface area contributed by atoms with Gasteiger partial charge in [-0.3, -0.25) is 4.98 Å². The standard InChI is InChI=1S/C13H21N3O3/c1-3-4-14-10(9-11-18-7-8-19-11)12-13(17-2)16-6-5-15-12/h5-6,10-11,14H,3-4,7-9H2,1-2H3. The highest BCUT2D eigenvalue weighted by Crippen LogP contribution is 2.26. The van der Waals surface area contributed by atoms with Crippen molar-refractivity contribution in [3.8, 4) is 5.88 Å². The molecule has 1 unspecified atom stereocenters. The van der Waals surface area contributed by atoms with Crippen molar-refractivity contribution < 1.29 is 14.2 Å². The lowest BCUT2D eigenvalue weighted by Crippen LogP contribution is -2.28. The van der Waals surface area contributed by atoms with E-state index < -0.39 is 0 Å². The van der Waals surface area contributed by atoms with E-state index >= 15 is 0 Å². The molecule has 6 nitrogen and oxygen atoms in total. The monoisotopic (exact) mass is 267 g/mol. The fourth-order valence-electron chi connectivity index (χ4n) is 2.08. The summed E-state index contributed by atoms with van der Waals surface area (Å²) in [5.41, 5.74) is 0.803. The summed E-state index contributed by atoms with van der Waals surface area (Å²) in [5.74, 6) is 0.550. The number of rotatable bonds is 7. The summed E-state index contributed by atoms with van der Waals surface area (Å²) >= 11 is 0. The molecule has 6 heteroatoms. The van der Waals surface area contributed by atoms with Gasteiger partial charge in [-0.15, -0.1) is 0 Å². The van der Waals surface area contributed by atoms with Crippen molar-refractivity contribution in [3.05, 3.63) is 18.1 Å². The van der Waals surface area contributed by atoms with Gasteiger partial charge in [0.2, 0.25) is 5.88 Å². The first-order valence-corrected chi connectivity index (χ1v) is 6.66. The summed E-state index contributed by atoms with van der Waals surface area (Å²) in [5, 5.41) is 3.44. The van der Waals surface area contributed by atoms with Gasteiger partial charge in [0, 0.05) is 18.8 Å². The lowest BCUT2D eigenvalue weighted by Gasteiger charge is -2.21. The van der Waals surface area contributed by atoms with Crippen molar-refractivity contribution in [1.82, 2.24) is 15.3 Å². The quantitative estimate of drug-likeness (QED) is 0.803. The third-order valence-electron chi connectivity index (χ3n) is 2.97. The zero-order valence-electron chi connectivity index (χ0n) is 11.5. The van der Waals surface area contributed by atoms with Gasteiger partial charge in [0.1, 0.15) is 5.69 Å². The topological polar surface area (TPSA) is 65.5 Å². The molecule has 19 heavy (non-hydrogen) atoms. The van der Waals surface area contributed by atoms with Crippen molar-refractivity contribution in [2.45, 2.75) is 32.1 Å². The minimum atomic E-state index is -0.180. The predicted molar refractivity (Wildman–Crippen MR) is 69.9 cm³/mol. The van der Waals surface area contributed by atoms with Crippen LogP contribution in [0.1, 0.15) is 31.5 Å². The van der Waals surface area contributed by atoms with Crippen molar-refractivity contribution in [3.63, 3.8) is 0 Å². The van der Waals surface area contributed by atoms with E-state index in [1.54, 1.807) is 19.5 Å². The summed E-state index contributed by atoms with van der Waals surface area (Å²) in [6.45, 7) is 4.34. The van der Waals surface area contributed by atoms with Gasteiger partial charge in [-0.2, -0.15) is 0 Å². The van der Waals surface area contributed by atoms with E-state index in [0.29, 0.717) is 25.5 Å². The molecule has 2 heterocycles. The zero-order valence-corrected chi connectivity index (χ0v) is 11.5. The van der Waals surface area contributed by atoms with Crippen molar-refractivity contribution in [2.24, 2.45) is 0 Å². The predicted octanol–water partition coefficient (Wildman–Crippen LogP) is 1.29. The Balaban J connectivity index is 2.10. The Hall–Kier alpha value is -1.24. The van der Waals surface area contributed by atoms with Crippen molar-refractivity contribution >= 4 is 0 Å². The molecule has 0 amide bonds. The van der Waals surface area contributed by atoms with Gasteiger partial charge < -0.3 is 19.5 Å². The van der Waals surface area contributed by atoms with Gasteiger partial charge in [-0.05, 0) is 13.0 Å². The summed E-state index contributed by atoms with van der Waals surface area (Å²) in [6.07, 6.45) is 4.87. The van der Waals surface area contributed by atoms with Gasteiger partial charge in [-0.25, -0.2) is 4.98 Å². The lowest BCUT2D eigenvalue weighted by atomic mass is 10.1. The minimum Gasteiger partial charge on any atom is -0.480 e. The Bertz CT molecular complexity index is 383. The highest BCUT2D eigenvalue weighted by atomic mass is 16.7. The molecule has 0 radical (unpaired) electrons. The van der Waals surface area contributed by atoms with Crippen LogP contribution in [0.3, 0.4) is 0 Å². The summed E-state index contributed by atoms with van der Waals surface area (Å²) in [4.78, 5) is 8.58. The van der Waals surface area contributed by atoms with Crippen LogP contribution < -0.4 is 10.1 Å². The molecule has 1 aromatic heterocycles. The van der Waals surface area contributed by atoms with Crippen LogP contribution >= 0.6 is 0 Å². The molecule has 1 saturated heterocycles. The van der Waals surface area contributed by atoms with Gasteiger partial charge >= 0.3 is 0 Å². The third-order valence-corrected chi connectivity index (χ3v) is 2.97. The molecule has 1 aromatic rings. The molecule has 1 aliphatic rings. The van der Waals surface area contributed by atoms with Crippen LogP contribution in [0, 0.1) is 0 Å². The van der Waals surface area contributed by atoms with Crippen LogP contribution in [-0.2, 0) is 9.47 Å². The van der Waals surface area contributed by atoms with E-state index in [1.807, 2.05) is 0 Å². The fourth-order valence-corrected chi connectivity index (χ4v) is 2.08. The van der Waals surface area contributed by atoms with Gasteiger partial charge in [0.15, 0.2) is 6.29 Å². The highest BCUT2D eigenvalue weighted by Gasteiger charge is 2.25. The van der Waals surface area contributed by atoms with E-state index in [4.69, 9.17) is 14.2 Å². The molecule has 1 fully saturated rings. The number of nitrogens with zero attached hydrogens (tertiary/aromatic N) is 2. The number of ether oxygens (including phenoxy) is 3. The maximum absolute atomic E-state index is 5.51. The summed E-state index contributed by atoms with van der Waals surface area (Å²) in [6, 6.07) is 0.0201. The Morgan fingerprint density at radius 2 is 2.11 bits per heavy atom. The van der Waals surface area contributed by atoms with E-state index in [2.05, 4.69) is 22.2 Å². The van der Waals surface area contributed by atoms with Gasteiger partial charge in [0.05, 0.1) is 26.4 Å². The summed E-state index contributed by atoms with van der Waals surface area (Å²) < 4.78 is 16.3.